The summed E-state index contributed by atoms with van der Waals surface area (Å²) in [5.74, 6) is -3.15. The van der Waals surface area contributed by atoms with E-state index in [1.807, 2.05) is 6.92 Å². The summed E-state index contributed by atoms with van der Waals surface area (Å²) < 4.78 is 16.8. The maximum atomic E-state index is 13.2. The van der Waals surface area contributed by atoms with Crippen LogP contribution in [0, 0.1) is 5.92 Å². The van der Waals surface area contributed by atoms with E-state index in [1.54, 1.807) is 41.8 Å². The number of carbonyl (C=O) groups is 7. The van der Waals surface area contributed by atoms with Gasteiger partial charge < -0.3 is 55.3 Å². The number of nitrogens with zero attached hydrogens (tertiary/aromatic N) is 2. The Labute approximate surface area is 331 Å². The number of aliphatic carboxylic acids is 1. The molecule has 0 saturated carbocycles. The summed E-state index contributed by atoms with van der Waals surface area (Å²) in [6.45, 7) is 5.76. The fourth-order valence-corrected chi connectivity index (χ4v) is 7.12. The largest absolute Gasteiger partial charge is 0.479 e. The van der Waals surface area contributed by atoms with Gasteiger partial charge >= 0.3 is 11.9 Å². The number of benzene rings is 1. The summed E-state index contributed by atoms with van der Waals surface area (Å²) >= 11 is 0. The first-order chi connectivity index (χ1) is 27.2. The lowest BCUT2D eigenvalue weighted by Gasteiger charge is -2.34. The number of likely N-dealkylation sites (tertiary alicyclic amines) is 2. The zero-order valence-electron chi connectivity index (χ0n) is 32.9. The second-order valence-corrected chi connectivity index (χ2v) is 15.0. The van der Waals surface area contributed by atoms with Crippen molar-refractivity contribution in [1.82, 2.24) is 25.8 Å². The van der Waals surface area contributed by atoms with Crippen LogP contribution in [0.25, 0.3) is 0 Å². The van der Waals surface area contributed by atoms with Crippen molar-refractivity contribution in [2.75, 3.05) is 26.2 Å². The molecule has 2 bridgehead atoms. The van der Waals surface area contributed by atoms with E-state index in [1.165, 1.54) is 0 Å². The molecule has 4 rings (SSSR count). The Balaban J connectivity index is 1.29. The number of hydrogen-bond donors (Lipinski definition) is 6. The highest BCUT2D eigenvalue weighted by atomic mass is 16.7. The highest BCUT2D eigenvalue weighted by molar-refractivity contribution is 5.88. The lowest BCUT2D eigenvalue weighted by molar-refractivity contribution is -0.195. The van der Waals surface area contributed by atoms with E-state index in [-0.39, 0.29) is 113 Å². The number of carboxylic acids is 1. The average molecular weight is 804 g/mol. The second kappa shape index (κ2) is 21.6. The summed E-state index contributed by atoms with van der Waals surface area (Å²) in [6.07, 6.45) is -1.26. The fraction of sp³-hybridized carbons (Fsp3) is 0.667. The van der Waals surface area contributed by atoms with Gasteiger partial charge in [0.2, 0.25) is 35.8 Å². The first-order valence-corrected chi connectivity index (χ1v) is 19.7. The zero-order valence-corrected chi connectivity index (χ0v) is 32.9. The van der Waals surface area contributed by atoms with E-state index in [0.717, 1.165) is 0 Å². The molecule has 18 nitrogen and oxygen atoms in total. The molecule has 6 atom stereocenters. The topological polar surface area (TPSA) is 250 Å². The van der Waals surface area contributed by atoms with Gasteiger partial charge in [-0.2, -0.15) is 0 Å². The van der Waals surface area contributed by atoms with Gasteiger partial charge in [-0.25, -0.2) is 4.79 Å². The predicted molar refractivity (Wildman–Crippen MR) is 201 cm³/mol. The average Bonchev–Trinajstić information content (AvgIpc) is 3.78. The number of nitrogens with one attached hydrogen (secondary N) is 3. The van der Waals surface area contributed by atoms with Gasteiger partial charge in [-0.15, -0.1) is 0 Å². The van der Waals surface area contributed by atoms with Crippen LogP contribution in [0.15, 0.2) is 18.2 Å². The van der Waals surface area contributed by atoms with E-state index in [0.29, 0.717) is 43.5 Å². The molecule has 1 aromatic rings. The molecule has 6 N–H and O–H groups in total. The summed E-state index contributed by atoms with van der Waals surface area (Å²) in [5.41, 5.74) is 1.06. The molecule has 3 fully saturated rings. The van der Waals surface area contributed by atoms with Crippen molar-refractivity contribution < 1.29 is 63.1 Å². The van der Waals surface area contributed by atoms with Gasteiger partial charge in [-0.3, -0.25) is 28.8 Å². The normalized spacial score (nSPS) is 21.8. The van der Waals surface area contributed by atoms with Crippen LogP contribution >= 0.6 is 0 Å². The molecule has 0 aromatic heterocycles. The Bertz CT molecular complexity index is 1610. The molecule has 18 heteroatoms. The maximum absolute atomic E-state index is 13.2. The lowest BCUT2D eigenvalue weighted by Crippen LogP contribution is -2.51. The number of piperazine rings is 1. The number of aliphatic hydroxyl groups is 2. The van der Waals surface area contributed by atoms with Crippen LogP contribution < -0.4 is 20.7 Å². The summed E-state index contributed by atoms with van der Waals surface area (Å²) in [7, 11) is 0. The second-order valence-electron chi connectivity index (χ2n) is 15.0. The molecule has 5 amide bonds. The van der Waals surface area contributed by atoms with Crippen LogP contribution in [0.1, 0.15) is 96.1 Å². The Morgan fingerprint density at radius 1 is 0.912 bits per heavy atom. The number of carboxylic acid groups (broad SMARTS) is 1. The third kappa shape index (κ3) is 13.4. The highest BCUT2D eigenvalue weighted by Crippen LogP contribution is 2.32. The van der Waals surface area contributed by atoms with Crippen LogP contribution in [0.4, 0.5) is 0 Å². The monoisotopic (exact) mass is 803 g/mol. The van der Waals surface area contributed by atoms with Crippen molar-refractivity contribution in [2.45, 2.75) is 135 Å². The van der Waals surface area contributed by atoms with E-state index in [4.69, 9.17) is 19.3 Å². The van der Waals surface area contributed by atoms with Gasteiger partial charge in [0, 0.05) is 70.3 Å². The summed E-state index contributed by atoms with van der Waals surface area (Å²) in [5, 5.41) is 36.9. The molecule has 0 radical (unpaired) electrons. The minimum absolute atomic E-state index is 0.0212. The molecule has 3 aliphatic heterocycles. The summed E-state index contributed by atoms with van der Waals surface area (Å²) in [4.78, 5) is 91.0. The number of fused-ring (bicyclic) bond motifs is 2. The number of hydrogen-bond acceptors (Lipinski definition) is 12. The van der Waals surface area contributed by atoms with Crippen LogP contribution in [-0.2, 0) is 56.2 Å². The van der Waals surface area contributed by atoms with Crippen molar-refractivity contribution in [2.24, 2.45) is 5.92 Å². The van der Waals surface area contributed by atoms with Crippen LogP contribution in [0.2, 0.25) is 0 Å². The number of aliphatic hydroxyl groups excluding tert-OH is 2. The number of carbonyl (C=O) groups excluding carboxylic acids is 6. The molecule has 316 valence electrons. The van der Waals surface area contributed by atoms with E-state index in [2.05, 4.69) is 16.0 Å². The van der Waals surface area contributed by atoms with Crippen molar-refractivity contribution in [3.8, 4) is 5.75 Å². The van der Waals surface area contributed by atoms with Crippen LogP contribution in [-0.4, -0.2) is 129 Å². The number of amides is 5. The SMILES string of the molecule is CCCC(=O)NC(CCCC(=O)N1CC2CC1CN2C(=O)CCO)C(=O)NCCC(=O)NCc1cc(COC(=O)C(C)C)ccc1OC1CC(O)CC(C(=O)O)O1. The van der Waals surface area contributed by atoms with Gasteiger partial charge in [0.15, 0.2) is 6.10 Å². The zero-order chi connectivity index (χ0) is 41.6. The molecule has 6 unspecified atom stereocenters. The molecule has 3 aliphatic rings. The third-order valence-corrected chi connectivity index (χ3v) is 10.1. The van der Waals surface area contributed by atoms with E-state index < -0.39 is 48.3 Å². The molecule has 3 heterocycles. The first kappa shape index (κ1) is 44.9. The van der Waals surface area contributed by atoms with Crippen molar-refractivity contribution in [1.29, 1.82) is 0 Å². The Kier molecular flexibility index (Phi) is 17.0. The Morgan fingerprint density at radius 3 is 2.25 bits per heavy atom. The minimum atomic E-state index is -1.26. The third-order valence-electron chi connectivity index (χ3n) is 10.1. The first-order valence-electron chi connectivity index (χ1n) is 19.7. The van der Waals surface area contributed by atoms with Crippen LogP contribution in [0.3, 0.4) is 0 Å². The van der Waals surface area contributed by atoms with Gasteiger partial charge in [0.25, 0.3) is 0 Å². The molecule has 0 spiro atoms. The smallest absolute Gasteiger partial charge is 0.333 e. The molecule has 57 heavy (non-hydrogen) atoms. The lowest BCUT2D eigenvalue weighted by atomic mass is 10.1. The predicted octanol–water partition coefficient (Wildman–Crippen LogP) is 0.487. The van der Waals surface area contributed by atoms with Crippen molar-refractivity contribution in [3.05, 3.63) is 29.3 Å². The van der Waals surface area contributed by atoms with Crippen molar-refractivity contribution >= 4 is 41.5 Å². The minimum Gasteiger partial charge on any atom is -0.479 e. The standard InChI is InChI=1S/C39H57N5O13/c1-4-6-33(48)42-29(7-5-8-34(49)43-20-27-16-26(43)21-44(27)35(50)12-14-45)37(51)40-13-11-32(47)41-19-25-15-24(22-55-39(54)23(2)3)9-10-30(25)56-36-18-28(46)17-31(57-36)38(52)53/h9-10,15,23,26-29,31,36,45-46H,4-8,11-14,16-22H2,1-3H3,(H,40,51)(H,41,47)(H,42,48)(H,52,53). The summed E-state index contributed by atoms with van der Waals surface area (Å²) in [6, 6.07) is 3.82. The highest BCUT2D eigenvalue weighted by Gasteiger charge is 2.46. The van der Waals surface area contributed by atoms with Gasteiger partial charge in [-0.05, 0) is 43.4 Å². The molecule has 0 aliphatic carbocycles. The Hall–Kier alpha value is -4.81. The van der Waals surface area contributed by atoms with Crippen LogP contribution in [0.5, 0.6) is 5.75 Å². The molecular formula is C39H57N5O13. The van der Waals surface area contributed by atoms with E-state index in [9.17, 15) is 43.8 Å². The quantitative estimate of drug-likeness (QED) is 0.0928. The molecule has 3 saturated heterocycles. The van der Waals surface area contributed by atoms with E-state index >= 15 is 0 Å². The molecule has 1 aromatic carbocycles. The fourth-order valence-electron chi connectivity index (χ4n) is 7.12. The molecular weight excluding hydrogens is 746 g/mol. The van der Waals surface area contributed by atoms with Gasteiger partial charge in [0.1, 0.15) is 18.4 Å². The van der Waals surface area contributed by atoms with Gasteiger partial charge in [-0.1, -0.05) is 26.8 Å². The van der Waals surface area contributed by atoms with Gasteiger partial charge in [0.05, 0.1) is 30.7 Å². The van der Waals surface area contributed by atoms with Crippen molar-refractivity contribution in [3.63, 3.8) is 0 Å². The maximum Gasteiger partial charge on any atom is 0.333 e. The number of esters is 1. The number of rotatable bonds is 21. The number of ether oxygens (including phenoxy) is 3. The Morgan fingerprint density at radius 2 is 1.61 bits per heavy atom.